The van der Waals surface area contributed by atoms with Crippen molar-refractivity contribution in [3.8, 4) is 28.7 Å². The highest BCUT2D eigenvalue weighted by atomic mass is 16.5. The monoisotopic (exact) mass is 456 g/mol. The molecule has 0 spiro atoms. The minimum atomic E-state index is -0.259. The van der Waals surface area contributed by atoms with Crippen molar-refractivity contribution in [2.75, 3.05) is 11.9 Å². The molecule has 1 aliphatic heterocycles. The van der Waals surface area contributed by atoms with Gasteiger partial charge in [0.15, 0.2) is 11.5 Å². The molecule has 5 rings (SSSR count). The molecular weight excluding hydrogens is 432 g/mol. The molecule has 1 aliphatic rings. The maximum atomic E-state index is 12.7. The smallest absolute Gasteiger partial charge is 0.272 e. The number of fused-ring (bicyclic) bond motifs is 1. The molecule has 2 aromatic carbocycles. The second-order valence-corrected chi connectivity index (χ2v) is 8.23. The first kappa shape index (κ1) is 21.6. The molecule has 0 fully saturated rings. The predicted octanol–water partition coefficient (Wildman–Crippen LogP) is 3.92. The molecule has 9 heteroatoms. The maximum Gasteiger partial charge on any atom is 0.272 e. The van der Waals surface area contributed by atoms with Gasteiger partial charge in [0.2, 0.25) is 5.91 Å². The van der Waals surface area contributed by atoms with Crippen LogP contribution in [-0.4, -0.2) is 42.6 Å². The van der Waals surface area contributed by atoms with Crippen LogP contribution in [0, 0.1) is 13.8 Å². The van der Waals surface area contributed by atoms with Crippen LogP contribution in [0.15, 0.2) is 48.7 Å². The fourth-order valence-corrected chi connectivity index (χ4v) is 4.24. The molecule has 0 aliphatic carbocycles. The number of phenols is 1. The van der Waals surface area contributed by atoms with Crippen LogP contribution in [0.5, 0.6) is 11.5 Å². The summed E-state index contributed by atoms with van der Waals surface area (Å²) < 4.78 is 7.08. The van der Waals surface area contributed by atoms with E-state index in [1.807, 2.05) is 45.0 Å². The molecule has 9 nitrogen and oxygen atoms in total. The lowest BCUT2D eigenvalue weighted by Gasteiger charge is -2.24. The Morgan fingerprint density at radius 2 is 1.97 bits per heavy atom. The van der Waals surface area contributed by atoms with E-state index in [4.69, 9.17) is 4.74 Å². The number of ether oxygens (including phenoxy) is 1. The number of carbonyl (C=O) groups is 1. The zero-order valence-electron chi connectivity index (χ0n) is 19.1. The molecule has 172 valence electrons. The molecule has 4 aromatic rings. The number of nitrogens with one attached hydrogen (secondary N) is 1. The quantitative estimate of drug-likeness (QED) is 0.468. The molecule has 0 unspecified atom stereocenters. The Morgan fingerprint density at radius 3 is 2.74 bits per heavy atom. The van der Waals surface area contributed by atoms with Crippen LogP contribution >= 0.6 is 0 Å². The fourth-order valence-electron chi connectivity index (χ4n) is 4.24. The Hall–Kier alpha value is -4.27. The van der Waals surface area contributed by atoms with Gasteiger partial charge in [-0.25, -0.2) is 4.98 Å². The van der Waals surface area contributed by atoms with Crippen LogP contribution in [0.3, 0.4) is 0 Å². The Bertz CT molecular complexity index is 1380. The number of anilines is 1. The highest BCUT2D eigenvalue weighted by Gasteiger charge is 2.33. The Kier molecular flexibility index (Phi) is 5.45. The molecule has 0 bridgehead atoms. The first-order valence-electron chi connectivity index (χ1n) is 11.1. The highest BCUT2D eigenvalue weighted by molar-refractivity contribution is 5.95. The van der Waals surface area contributed by atoms with Crippen molar-refractivity contribution in [3.63, 3.8) is 0 Å². The fraction of sp³-hybridized carbons (Fsp3) is 0.240. The van der Waals surface area contributed by atoms with Crippen molar-refractivity contribution in [2.24, 2.45) is 0 Å². The molecule has 34 heavy (non-hydrogen) atoms. The van der Waals surface area contributed by atoms with Gasteiger partial charge < -0.3 is 15.2 Å². The van der Waals surface area contributed by atoms with Crippen molar-refractivity contribution >= 4 is 11.7 Å². The number of hydrogen-bond donors (Lipinski definition) is 2. The van der Waals surface area contributed by atoms with E-state index in [1.165, 1.54) is 4.68 Å². The zero-order chi connectivity index (χ0) is 23.8. The molecule has 2 N–H and O–H groups in total. The summed E-state index contributed by atoms with van der Waals surface area (Å²) >= 11 is 0. The predicted molar refractivity (Wildman–Crippen MR) is 126 cm³/mol. The number of aromatic nitrogens is 5. The Balaban J connectivity index is 1.59. The summed E-state index contributed by atoms with van der Waals surface area (Å²) in [5, 5.41) is 26.0. The number of carbonyl (C=O) groups excluding carboxylic acids is 1. The normalized spacial score (nSPS) is 15.0. The van der Waals surface area contributed by atoms with E-state index in [-0.39, 0.29) is 29.9 Å². The van der Waals surface area contributed by atoms with Crippen LogP contribution < -0.4 is 10.1 Å². The average molecular weight is 457 g/mol. The van der Waals surface area contributed by atoms with E-state index in [1.54, 1.807) is 24.4 Å². The third-order valence-electron chi connectivity index (χ3n) is 5.87. The molecule has 0 saturated heterocycles. The first-order valence-corrected chi connectivity index (χ1v) is 11.1. The van der Waals surface area contributed by atoms with E-state index in [9.17, 15) is 9.90 Å². The van der Waals surface area contributed by atoms with Crippen molar-refractivity contribution in [3.05, 3.63) is 71.0 Å². The summed E-state index contributed by atoms with van der Waals surface area (Å²) in [4.78, 5) is 17.4. The minimum Gasteiger partial charge on any atom is -0.504 e. The van der Waals surface area contributed by atoms with E-state index in [2.05, 4.69) is 25.6 Å². The number of amides is 1. The first-order chi connectivity index (χ1) is 16.4. The van der Waals surface area contributed by atoms with Gasteiger partial charge >= 0.3 is 0 Å². The van der Waals surface area contributed by atoms with Crippen molar-refractivity contribution in [1.29, 1.82) is 0 Å². The van der Waals surface area contributed by atoms with Crippen molar-refractivity contribution < 1.29 is 14.6 Å². The summed E-state index contributed by atoms with van der Waals surface area (Å²) in [7, 11) is 0. The number of rotatable bonds is 5. The van der Waals surface area contributed by atoms with E-state index >= 15 is 0 Å². The van der Waals surface area contributed by atoms with Gasteiger partial charge in [-0.3, -0.25) is 4.79 Å². The van der Waals surface area contributed by atoms with Gasteiger partial charge in [0.05, 0.1) is 24.2 Å². The minimum absolute atomic E-state index is 0.0610. The Labute approximate surface area is 196 Å². The average Bonchev–Trinajstić information content (AvgIpc) is 3.17. The molecule has 0 saturated carbocycles. The van der Waals surface area contributed by atoms with Crippen LogP contribution in [-0.2, 0) is 4.79 Å². The number of hydrogen-bond acceptors (Lipinski definition) is 7. The van der Waals surface area contributed by atoms with Gasteiger partial charge in [-0.05, 0) is 38.5 Å². The zero-order valence-corrected chi connectivity index (χ0v) is 19.1. The Morgan fingerprint density at radius 1 is 1.18 bits per heavy atom. The van der Waals surface area contributed by atoms with Crippen molar-refractivity contribution in [1.82, 2.24) is 25.0 Å². The standard InChI is InChI=1S/C25H24N6O3/c1-4-34-21-11-17(9-10-20(21)32)18-12-22(33)28-24-23(18)15(3)30-31(24)25-27-19(13-26-29-25)16-7-5-14(2)6-8-16/h5-11,13,18,32H,4,12H2,1-3H3,(H,28,33)/t18-/m0/s1. The molecule has 2 aromatic heterocycles. The summed E-state index contributed by atoms with van der Waals surface area (Å²) in [5.41, 5.74) is 5.19. The largest absolute Gasteiger partial charge is 0.504 e. The number of aromatic hydroxyl groups is 1. The van der Waals surface area contributed by atoms with Gasteiger partial charge in [0, 0.05) is 23.5 Å². The maximum absolute atomic E-state index is 12.7. The van der Waals surface area contributed by atoms with Crippen LogP contribution in [0.1, 0.15) is 41.6 Å². The SMILES string of the molecule is CCOc1cc([C@@H]2CC(=O)Nc3c2c(C)nn3-c2nncc(-c3ccc(C)cc3)n2)ccc1O. The van der Waals surface area contributed by atoms with E-state index < -0.39 is 0 Å². The molecule has 0 radical (unpaired) electrons. The molecule has 1 amide bonds. The topological polar surface area (TPSA) is 115 Å². The van der Waals surface area contributed by atoms with Gasteiger partial charge in [0.1, 0.15) is 5.82 Å². The third-order valence-corrected chi connectivity index (χ3v) is 5.87. The number of nitrogens with zero attached hydrogens (tertiary/aromatic N) is 5. The summed E-state index contributed by atoms with van der Waals surface area (Å²) in [6.45, 7) is 6.19. The van der Waals surface area contributed by atoms with Crippen LogP contribution in [0.25, 0.3) is 17.2 Å². The summed E-state index contributed by atoms with van der Waals surface area (Å²) in [5.74, 6) is 0.830. The number of benzene rings is 2. The lowest BCUT2D eigenvalue weighted by atomic mass is 9.85. The van der Waals surface area contributed by atoms with Crippen LogP contribution in [0.2, 0.25) is 0 Å². The third kappa shape index (κ3) is 3.85. The molecule has 3 heterocycles. The van der Waals surface area contributed by atoms with Gasteiger partial charge in [-0.15, -0.1) is 5.10 Å². The van der Waals surface area contributed by atoms with Crippen molar-refractivity contribution in [2.45, 2.75) is 33.1 Å². The number of aryl methyl sites for hydroxylation is 2. The van der Waals surface area contributed by atoms with Gasteiger partial charge in [-0.1, -0.05) is 35.9 Å². The molecule has 1 atom stereocenters. The lowest BCUT2D eigenvalue weighted by Crippen LogP contribution is -2.25. The second kappa shape index (κ2) is 8.58. The lowest BCUT2D eigenvalue weighted by molar-refractivity contribution is -0.116. The van der Waals surface area contributed by atoms with Crippen LogP contribution in [0.4, 0.5) is 5.82 Å². The van der Waals surface area contributed by atoms with E-state index in [0.29, 0.717) is 23.9 Å². The van der Waals surface area contributed by atoms with E-state index in [0.717, 1.165) is 27.9 Å². The number of phenolic OH excluding ortho intramolecular Hbond substituents is 1. The molecular formula is C25H24N6O3. The second-order valence-electron chi connectivity index (χ2n) is 8.23. The summed E-state index contributed by atoms with van der Waals surface area (Å²) in [6, 6.07) is 13.1. The highest BCUT2D eigenvalue weighted by Crippen LogP contribution is 2.42. The van der Waals surface area contributed by atoms with Gasteiger partial charge in [0.25, 0.3) is 5.95 Å². The summed E-state index contributed by atoms with van der Waals surface area (Å²) in [6.07, 6.45) is 1.85. The van der Waals surface area contributed by atoms with Gasteiger partial charge in [-0.2, -0.15) is 14.9 Å².